The summed E-state index contributed by atoms with van der Waals surface area (Å²) in [6.45, 7) is 4.63. The topological polar surface area (TPSA) is 51.2 Å². The van der Waals surface area contributed by atoms with Crippen LogP contribution >= 0.6 is 23.2 Å². The Kier molecular flexibility index (Phi) is 5.39. The highest BCUT2D eigenvalue weighted by atomic mass is 35.5. The van der Waals surface area contributed by atoms with Gasteiger partial charge in [-0.25, -0.2) is 9.78 Å². The van der Waals surface area contributed by atoms with Crippen molar-refractivity contribution in [2.75, 3.05) is 0 Å². The van der Waals surface area contributed by atoms with Gasteiger partial charge in [0.05, 0.1) is 10.5 Å². The highest BCUT2D eigenvalue weighted by Gasteiger charge is 2.44. The number of rotatable bonds is 2. The summed E-state index contributed by atoms with van der Waals surface area (Å²) in [5.41, 5.74) is -1.06. The number of fused-ring (bicyclic) bond motifs is 1. The van der Waals surface area contributed by atoms with E-state index in [1.165, 1.54) is 6.07 Å². The smallest absolute Gasteiger partial charge is 0.413 e. The summed E-state index contributed by atoms with van der Waals surface area (Å²) >= 11 is 11.9. The van der Waals surface area contributed by atoms with Gasteiger partial charge in [0.2, 0.25) is 0 Å². The molecule has 1 heterocycles. The van der Waals surface area contributed by atoms with Gasteiger partial charge in [0.25, 0.3) is 0 Å². The summed E-state index contributed by atoms with van der Waals surface area (Å²) in [4.78, 5) is 15.7. The maximum Gasteiger partial charge on any atom is 0.413 e. The van der Waals surface area contributed by atoms with Crippen molar-refractivity contribution in [3.05, 3.63) is 40.0 Å². The van der Waals surface area contributed by atoms with Crippen molar-refractivity contribution < 1.29 is 22.7 Å². The quantitative estimate of drug-likeness (QED) is 0.667. The largest absolute Gasteiger partial charge is 0.444 e. The number of alkyl carbamates (subject to hydrolysis) is 1. The molecule has 1 aromatic carbocycles. The van der Waals surface area contributed by atoms with Crippen molar-refractivity contribution in [3.63, 3.8) is 0 Å². The average molecular weight is 395 g/mol. The number of alkyl halides is 3. The second-order valence-electron chi connectivity index (χ2n) is 6.30. The molecule has 2 rings (SSSR count). The van der Waals surface area contributed by atoms with Gasteiger partial charge in [0, 0.05) is 10.9 Å². The summed E-state index contributed by atoms with van der Waals surface area (Å²) in [7, 11) is 0. The highest BCUT2D eigenvalue weighted by molar-refractivity contribution is 6.36. The Morgan fingerprint density at radius 3 is 2.44 bits per heavy atom. The van der Waals surface area contributed by atoms with E-state index < -0.39 is 34.6 Å². The normalized spacial score (nSPS) is 13.6. The van der Waals surface area contributed by atoms with E-state index in [2.05, 4.69) is 4.98 Å². The predicted octanol–water partition coefficient (Wildman–Crippen LogP) is 5.67. The van der Waals surface area contributed by atoms with Gasteiger partial charge >= 0.3 is 12.3 Å². The first-order valence-electron chi connectivity index (χ1n) is 7.19. The zero-order chi connectivity index (χ0) is 19.0. The SMILES string of the molecule is CC(C)(C)OC(=O)N[C@H](c1cc2cccc(Cl)c2nc1Cl)C(F)(F)F. The number of carbonyl (C=O) groups is 1. The molecule has 0 saturated heterocycles. The van der Waals surface area contributed by atoms with Crippen molar-refractivity contribution >= 4 is 40.2 Å². The first-order chi connectivity index (χ1) is 11.4. The second-order valence-corrected chi connectivity index (χ2v) is 7.07. The van der Waals surface area contributed by atoms with Gasteiger partial charge in [-0.2, -0.15) is 13.2 Å². The molecule has 0 aliphatic carbocycles. The fraction of sp³-hybridized carbons (Fsp3) is 0.375. The molecule has 1 aromatic heterocycles. The number of aromatic nitrogens is 1. The lowest BCUT2D eigenvalue weighted by atomic mass is 10.1. The molecule has 0 bridgehead atoms. The fourth-order valence-corrected chi connectivity index (χ4v) is 2.59. The zero-order valence-electron chi connectivity index (χ0n) is 13.5. The molecular weight excluding hydrogens is 380 g/mol. The molecule has 0 aliphatic rings. The van der Waals surface area contributed by atoms with Crippen LogP contribution in [0.25, 0.3) is 10.9 Å². The van der Waals surface area contributed by atoms with Crippen molar-refractivity contribution in [3.8, 4) is 0 Å². The molecule has 1 amide bonds. The summed E-state index contributed by atoms with van der Waals surface area (Å²) in [6.07, 6.45) is -6.01. The Labute approximate surface area is 152 Å². The number of nitrogens with zero attached hydrogens (tertiary/aromatic N) is 1. The number of ether oxygens (including phenoxy) is 1. The Balaban J connectivity index is 2.47. The number of benzene rings is 1. The summed E-state index contributed by atoms with van der Waals surface area (Å²) in [5, 5.41) is 2.03. The number of amides is 1. The Morgan fingerprint density at radius 1 is 1.24 bits per heavy atom. The first-order valence-corrected chi connectivity index (χ1v) is 7.95. The third kappa shape index (κ3) is 4.89. The third-order valence-electron chi connectivity index (χ3n) is 3.08. The molecule has 0 unspecified atom stereocenters. The predicted molar refractivity (Wildman–Crippen MR) is 89.9 cm³/mol. The number of halogens is 5. The number of carbonyl (C=O) groups excluding carboxylic acids is 1. The van der Waals surface area contributed by atoms with Gasteiger partial charge in [0.1, 0.15) is 10.8 Å². The van der Waals surface area contributed by atoms with Crippen molar-refractivity contribution in [1.82, 2.24) is 10.3 Å². The van der Waals surface area contributed by atoms with Gasteiger partial charge < -0.3 is 10.1 Å². The third-order valence-corrected chi connectivity index (χ3v) is 3.68. The van der Waals surface area contributed by atoms with Crippen LogP contribution in [0.1, 0.15) is 32.4 Å². The molecule has 9 heteroatoms. The monoisotopic (exact) mass is 394 g/mol. The molecule has 25 heavy (non-hydrogen) atoms. The van der Waals surface area contributed by atoms with E-state index in [0.29, 0.717) is 5.39 Å². The zero-order valence-corrected chi connectivity index (χ0v) is 15.1. The average Bonchev–Trinajstić information content (AvgIpc) is 2.42. The number of pyridine rings is 1. The minimum atomic E-state index is -4.80. The highest BCUT2D eigenvalue weighted by Crippen LogP contribution is 2.38. The molecule has 136 valence electrons. The van der Waals surface area contributed by atoms with Crippen LogP contribution in [0.5, 0.6) is 0 Å². The van der Waals surface area contributed by atoms with Gasteiger partial charge in [-0.05, 0) is 32.9 Å². The minimum Gasteiger partial charge on any atom is -0.444 e. The van der Waals surface area contributed by atoms with Crippen LogP contribution in [0, 0.1) is 0 Å². The molecular formula is C16H15Cl2F3N2O2. The van der Waals surface area contributed by atoms with Gasteiger partial charge in [0.15, 0.2) is 6.04 Å². The maximum atomic E-state index is 13.5. The maximum absolute atomic E-state index is 13.5. The molecule has 2 aromatic rings. The van der Waals surface area contributed by atoms with E-state index in [1.54, 1.807) is 44.3 Å². The van der Waals surface area contributed by atoms with E-state index >= 15 is 0 Å². The van der Waals surface area contributed by atoms with E-state index in [1.807, 2.05) is 0 Å². The first kappa shape index (κ1) is 19.6. The number of para-hydroxylation sites is 1. The van der Waals surface area contributed by atoms with Gasteiger partial charge in [-0.1, -0.05) is 35.3 Å². The van der Waals surface area contributed by atoms with Gasteiger partial charge in [-0.3, -0.25) is 0 Å². The van der Waals surface area contributed by atoms with Crippen LogP contribution < -0.4 is 5.32 Å². The van der Waals surface area contributed by atoms with Crippen LogP contribution in [0.15, 0.2) is 24.3 Å². The molecule has 1 N–H and O–H groups in total. The minimum absolute atomic E-state index is 0.259. The molecule has 0 aliphatic heterocycles. The lowest BCUT2D eigenvalue weighted by molar-refractivity contribution is -0.157. The molecule has 0 saturated carbocycles. The molecule has 0 fully saturated rings. The number of nitrogens with one attached hydrogen (secondary N) is 1. The van der Waals surface area contributed by atoms with E-state index in [4.69, 9.17) is 27.9 Å². The van der Waals surface area contributed by atoms with Crippen molar-refractivity contribution in [1.29, 1.82) is 0 Å². The summed E-state index contributed by atoms with van der Waals surface area (Å²) in [5.74, 6) is 0. The number of hydrogen-bond donors (Lipinski definition) is 1. The van der Waals surface area contributed by atoms with E-state index in [0.717, 1.165) is 0 Å². The lowest BCUT2D eigenvalue weighted by Gasteiger charge is -2.25. The fourth-order valence-electron chi connectivity index (χ4n) is 2.12. The van der Waals surface area contributed by atoms with Crippen molar-refractivity contribution in [2.45, 2.75) is 38.6 Å². The Bertz CT molecular complexity index is 804. The molecule has 0 radical (unpaired) electrons. The van der Waals surface area contributed by atoms with E-state index in [9.17, 15) is 18.0 Å². The van der Waals surface area contributed by atoms with Gasteiger partial charge in [-0.15, -0.1) is 0 Å². The summed E-state index contributed by atoms with van der Waals surface area (Å²) < 4.78 is 45.3. The molecule has 4 nitrogen and oxygen atoms in total. The van der Waals surface area contributed by atoms with Crippen LogP contribution in [0.4, 0.5) is 18.0 Å². The lowest BCUT2D eigenvalue weighted by Crippen LogP contribution is -2.41. The Morgan fingerprint density at radius 2 is 1.88 bits per heavy atom. The number of hydrogen-bond acceptors (Lipinski definition) is 3. The van der Waals surface area contributed by atoms with Crippen LogP contribution in [-0.2, 0) is 4.74 Å². The van der Waals surface area contributed by atoms with Crippen molar-refractivity contribution in [2.24, 2.45) is 0 Å². The molecule has 1 atom stereocenters. The van der Waals surface area contributed by atoms with Crippen LogP contribution in [-0.4, -0.2) is 22.9 Å². The Hall–Kier alpha value is -1.73. The van der Waals surface area contributed by atoms with Crippen LogP contribution in [0.3, 0.4) is 0 Å². The second kappa shape index (κ2) is 6.88. The standard InChI is InChI=1S/C16H15Cl2F3N2O2/c1-15(2,3)25-14(24)23-12(16(19,20)21)9-7-8-5-4-6-10(17)11(8)22-13(9)18/h4-7,12H,1-3H3,(H,23,24)/t12-/m1/s1. The molecule has 0 spiro atoms. The summed E-state index contributed by atoms with van der Waals surface area (Å²) in [6, 6.07) is 3.51. The van der Waals surface area contributed by atoms with Crippen LogP contribution in [0.2, 0.25) is 10.2 Å². The van der Waals surface area contributed by atoms with E-state index in [-0.39, 0.29) is 10.5 Å².